The van der Waals surface area contributed by atoms with E-state index in [1.54, 1.807) is 11.8 Å². The summed E-state index contributed by atoms with van der Waals surface area (Å²) in [6, 6.07) is 0. The van der Waals surface area contributed by atoms with E-state index in [0.29, 0.717) is 6.54 Å². The summed E-state index contributed by atoms with van der Waals surface area (Å²) in [5.74, 6) is 0. The van der Waals surface area contributed by atoms with Crippen molar-refractivity contribution in [2.24, 2.45) is 5.18 Å². The van der Waals surface area contributed by atoms with Crippen molar-refractivity contribution in [3.8, 4) is 0 Å². The monoisotopic (exact) mass is 133 g/mol. The molecule has 0 spiro atoms. The van der Waals surface area contributed by atoms with Crippen molar-refractivity contribution in [2.75, 3.05) is 12.8 Å². The second-order valence-electron chi connectivity index (χ2n) is 2.25. The molecule has 0 rings (SSSR count). The average molecular weight is 133 g/mol. The third-order valence-corrected chi connectivity index (χ3v) is 2.23. The fourth-order valence-corrected chi connectivity index (χ4v) is 0.402. The predicted molar refractivity (Wildman–Crippen MR) is 38.3 cm³/mol. The zero-order valence-electron chi connectivity index (χ0n) is 5.47. The van der Waals surface area contributed by atoms with Gasteiger partial charge in [0.25, 0.3) is 0 Å². The standard InChI is InChI=1S/C5H11NOS/c1-5(2,8-3)4-6-7/h4H2,1-3H3. The molecule has 0 aromatic rings. The van der Waals surface area contributed by atoms with Gasteiger partial charge in [-0.25, -0.2) is 0 Å². The van der Waals surface area contributed by atoms with Crippen LogP contribution in [0.25, 0.3) is 0 Å². The molecule has 0 bridgehead atoms. The van der Waals surface area contributed by atoms with Crippen LogP contribution in [0.1, 0.15) is 13.8 Å². The molecular weight excluding hydrogens is 122 g/mol. The average Bonchev–Trinajstić information content (AvgIpc) is 1.67. The normalized spacial score (nSPS) is 11.4. The van der Waals surface area contributed by atoms with Gasteiger partial charge >= 0.3 is 0 Å². The molecule has 48 valence electrons. The summed E-state index contributed by atoms with van der Waals surface area (Å²) < 4.78 is 0.0295. The van der Waals surface area contributed by atoms with Gasteiger partial charge in [0.15, 0.2) is 0 Å². The zero-order valence-corrected chi connectivity index (χ0v) is 6.29. The first kappa shape index (κ1) is 7.95. The van der Waals surface area contributed by atoms with Gasteiger partial charge < -0.3 is 0 Å². The van der Waals surface area contributed by atoms with Crippen molar-refractivity contribution >= 4 is 11.8 Å². The van der Waals surface area contributed by atoms with E-state index in [2.05, 4.69) is 5.18 Å². The van der Waals surface area contributed by atoms with Crippen LogP contribution in [0.15, 0.2) is 5.18 Å². The van der Waals surface area contributed by atoms with Gasteiger partial charge in [-0.15, -0.1) is 0 Å². The van der Waals surface area contributed by atoms with E-state index in [0.717, 1.165) is 0 Å². The topological polar surface area (TPSA) is 29.4 Å². The lowest BCUT2D eigenvalue weighted by Crippen LogP contribution is -2.17. The Kier molecular flexibility index (Phi) is 3.05. The van der Waals surface area contributed by atoms with Crippen LogP contribution in [0.4, 0.5) is 0 Å². The first-order valence-corrected chi connectivity index (χ1v) is 3.69. The highest BCUT2D eigenvalue weighted by Crippen LogP contribution is 2.20. The molecule has 0 saturated heterocycles. The fraction of sp³-hybridized carbons (Fsp3) is 1.00. The van der Waals surface area contributed by atoms with Gasteiger partial charge in [-0.3, -0.25) is 0 Å². The fourth-order valence-electron chi connectivity index (χ4n) is 0.220. The molecule has 0 N–H and O–H groups in total. The number of rotatable bonds is 3. The Morgan fingerprint density at radius 2 is 2.12 bits per heavy atom. The summed E-state index contributed by atoms with van der Waals surface area (Å²) in [6.45, 7) is 4.40. The smallest absolute Gasteiger partial charge is 0.0952 e. The molecule has 2 nitrogen and oxygen atoms in total. The summed E-state index contributed by atoms with van der Waals surface area (Å²) in [5, 5.41) is 2.81. The maximum Gasteiger partial charge on any atom is 0.0952 e. The van der Waals surface area contributed by atoms with Crippen molar-refractivity contribution in [1.29, 1.82) is 0 Å². The van der Waals surface area contributed by atoms with Gasteiger partial charge in [0.2, 0.25) is 0 Å². The maximum absolute atomic E-state index is 9.72. The summed E-state index contributed by atoms with van der Waals surface area (Å²) in [6.07, 6.45) is 1.98. The van der Waals surface area contributed by atoms with Crippen molar-refractivity contribution in [3.05, 3.63) is 4.91 Å². The highest BCUT2D eigenvalue weighted by Gasteiger charge is 2.14. The zero-order chi connectivity index (χ0) is 6.62. The van der Waals surface area contributed by atoms with Crippen LogP contribution < -0.4 is 0 Å². The molecule has 0 aliphatic heterocycles. The molecule has 0 radical (unpaired) electrons. The Balaban J connectivity index is 3.53. The molecule has 3 heteroatoms. The van der Waals surface area contributed by atoms with Gasteiger partial charge in [0.1, 0.15) is 0 Å². The van der Waals surface area contributed by atoms with E-state index in [9.17, 15) is 4.91 Å². The second kappa shape index (κ2) is 3.07. The first-order valence-electron chi connectivity index (χ1n) is 2.46. The molecule has 0 atom stereocenters. The highest BCUT2D eigenvalue weighted by atomic mass is 32.2. The summed E-state index contributed by atoms with van der Waals surface area (Å²) in [5.41, 5.74) is 0. The quantitative estimate of drug-likeness (QED) is 0.550. The Bertz CT molecular complexity index is 82.5. The van der Waals surface area contributed by atoms with Crippen LogP contribution in [0, 0.1) is 4.91 Å². The second-order valence-corrected chi connectivity index (χ2v) is 3.76. The number of nitroso groups, excluding NO2 is 1. The molecule has 0 unspecified atom stereocenters. The Morgan fingerprint density at radius 3 is 2.25 bits per heavy atom. The lowest BCUT2D eigenvalue weighted by atomic mass is 10.2. The van der Waals surface area contributed by atoms with E-state index in [-0.39, 0.29) is 4.75 Å². The van der Waals surface area contributed by atoms with Crippen LogP contribution in [0.5, 0.6) is 0 Å². The summed E-state index contributed by atoms with van der Waals surface area (Å²) in [4.78, 5) is 9.72. The van der Waals surface area contributed by atoms with E-state index >= 15 is 0 Å². The molecule has 0 saturated carbocycles. The summed E-state index contributed by atoms with van der Waals surface area (Å²) >= 11 is 1.66. The van der Waals surface area contributed by atoms with Crippen molar-refractivity contribution in [1.82, 2.24) is 0 Å². The Labute approximate surface area is 54.0 Å². The van der Waals surface area contributed by atoms with E-state index in [1.165, 1.54) is 0 Å². The Hall–Kier alpha value is -0.0500. The Morgan fingerprint density at radius 1 is 1.62 bits per heavy atom. The van der Waals surface area contributed by atoms with Gasteiger partial charge in [0, 0.05) is 4.75 Å². The number of hydrogen-bond acceptors (Lipinski definition) is 3. The van der Waals surface area contributed by atoms with Gasteiger partial charge in [-0.05, 0) is 20.1 Å². The molecule has 8 heavy (non-hydrogen) atoms. The molecular formula is C5H11NOS. The van der Waals surface area contributed by atoms with E-state index < -0.39 is 0 Å². The molecule has 0 heterocycles. The number of hydrogen-bond donors (Lipinski definition) is 0. The van der Waals surface area contributed by atoms with Crippen LogP contribution in [-0.2, 0) is 0 Å². The predicted octanol–water partition coefficient (Wildman–Crippen LogP) is 1.89. The van der Waals surface area contributed by atoms with Crippen LogP contribution in [0.2, 0.25) is 0 Å². The lowest BCUT2D eigenvalue weighted by Gasteiger charge is -2.15. The molecule has 0 fully saturated rings. The van der Waals surface area contributed by atoms with Crippen LogP contribution in [-0.4, -0.2) is 17.5 Å². The molecule has 0 aromatic carbocycles. The van der Waals surface area contributed by atoms with Crippen molar-refractivity contribution in [3.63, 3.8) is 0 Å². The van der Waals surface area contributed by atoms with Crippen LogP contribution in [0.3, 0.4) is 0 Å². The molecule has 0 aliphatic carbocycles. The van der Waals surface area contributed by atoms with E-state index in [1.807, 2.05) is 20.1 Å². The maximum atomic E-state index is 9.72. The molecule has 0 aromatic heterocycles. The minimum atomic E-state index is 0.0295. The highest BCUT2D eigenvalue weighted by molar-refractivity contribution is 7.99. The van der Waals surface area contributed by atoms with Gasteiger partial charge in [-0.1, -0.05) is 5.18 Å². The van der Waals surface area contributed by atoms with Crippen LogP contribution >= 0.6 is 11.8 Å². The van der Waals surface area contributed by atoms with Crippen molar-refractivity contribution < 1.29 is 0 Å². The largest absolute Gasteiger partial charge is 0.157 e. The third-order valence-electron chi connectivity index (χ3n) is 0.998. The number of nitrogens with zero attached hydrogens (tertiary/aromatic N) is 1. The van der Waals surface area contributed by atoms with Crippen molar-refractivity contribution in [2.45, 2.75) is 18.6 Å². The summed E-state index contributed by atoms with van der Waals surface area (Å²) in [7, 11) is 0. The van der Waals surface area contributed by atoms with E-state index in [4.69, 9.17) is 0 Å². The first-order chi connectivity index (χ1) is 3.62. The minimum Gasteiger partial charge on any atom is -0.157 e. The van der Waals surface area contributed by atoms with Gasteiger partial charge in [-0.2, -0.15) is 16.7 Å². The van der Waals surface area contributed by atoms with Gasteiger partial charge in [0.05, 0.1) is 6.54 Å². The third kappa shape index (κ3) is 3.02. The molecule has 0 amide bonds. The molecule has 0 aliphatic rings. The lowest BCUT2D eigenvalue weighted by molar-refractivity contribution is 0.723. The minimum absolute atomic E-state index is 0.0295. The number of thioether (sulfide) groups is 1. The SMILES string of the molecule is CSC(C)(C)CN=O.